The third kappa shape index (κ3) is 4.03. The maximum atomic E-state index is 12.0. The van der Waals surface area contributed by atoms with Crippen LogP contribution in [0.15, 0.2) is 17.7 Å². The standard InChI is InChI=1S/C14H10I2N2O6/c1-18-13(22)7(12(21)17-14(18)23)2-6-3-8(15)11(9(16)4-6)24-5-10(19)20/h2-4H,5H2,1H3,(H,19,20)(H,17,21,23)/b7-2+. The van der Waals surface area contributed by atoms with Gasteiger partial charge in [-0.05, 0) is 69.0 Å². The van der Waals surface area contributed by atoms with E-state index < -0.39 is 30.4 Å². The molecule has 1 aromatic rings. The Morgan fingerprint density at radius 2 is 1.88 bits per heavy atom. The fraction of sp³-hybridized carbons (Fsp3) is 0.143. The topological polar surface area (TPSA) is 113 Å². The minimum atomic E-state index is -1.09. The van der Waals surface area contributed by atoms with Crippen molar-refractivity contribution >= 4 is 75.1 Å². The molecule has 0 unspecified atom stereocenters. The largest absolute Gasteiger partial charge is 0.480 e. The van der Waals surface area contributed by atoms with Crippen LogP contribution in [0, 0.1) is 7.14 Å². The van der Waals surface area contributed by atoms with Gasteiger partial charge in [-0.3, -0.25) is 19.8 Å². The molecule has 10 heteroatoms. The third-order valence-corrected chi connectivity index (χ3v) is 4.58. The number of ether oxygens (including phenoxy) is 1. The number of rotatable bonds is 4. The number of hydrogen-bond donors (Lipinski definition) is 2. The van der Waals surface area contributed by atoms with E-state index in [4.69, 9.17) is 9.84 Å². The summed E-state index contributed by atoms with van der Waals surface area (Å²) in [6, 6.07) is 2.51. The maximum absolute atomic E-state index is 12.0. The molecule has 24 heavy (non-hydrogen) atoms. The molecule has 126 valence electrons. The number of nitrogens with zero attached hydrogens (tertiary/aromatic N) is 1. The molecule has 1 fully saturated rings. The van der Waals surface area contributed by atoms with Crippen molar-refractivity contribution in [1.82, 2.24) is 10.2 Å². The Morgan fingerprint density at radius 1 is 1.29 bits per heavy atom. The lowest BCUT2D eigenvalue weighted by atomic mass is 10.1. The van der Waals surface area contributed by atoms with E-state index in [1.165, 1.54) is 13.1 Å². The summed E-state index contributed by atoms with van der Waals surface area (Å²) in [5.41, 5.74) is 0.385. The molecule has 2 N–H and O–H groups in total. The van der Waals surface area contributed by atoms with Crippen LogP contribution in [0.5, 0.6) is 5.75 Å². The van der Waals surface area contributed by atoms with Gasteiger partial charge in [-0.1, -0.05) is 0 Å². The van der Waals surface area contributed by atoms with Crippen molar-refractivity contribution in [3.8, 4) is 5.75 Å². The Morgan fingerprint density at radius 3 is 2.42 bits per heavy atom. The predicted octanol–water partition coefficient (Wildman–Crippen LogP) is 1.45. The Kier molecular flexibility index (Phi) is 5.79. The molecule has 0 radical (unpaired) electrons. The second-order valence-electron chi connectivity index (χ2n) is 4.68. The van der Waals surface area contributed by atoms with Crippen LogP contribution in [0.25, 0.3) is 6.08 Å². The Bertz CT molecular complexity index is 766. The fourth-order valence-corrected chi connectivity index (χ4v) is 3.97. The Balaban J connectivity index is 2.36. The number of halogens is 2. The number of imide groups is 2. The maximum Gasteiger partial charge on any atom is 0.341 e. The molecule has 0 atom stereocenters. The van der Waals surface area contributed by atoms with E-state index in [2.05, 4.69) is 5.32 Å². The average molecular weight is 556 g/mol. The second-order valence-corrected chi connectivity index (χ2v) is 7.00. The lowest BCUT2D eigenvalue weighted by Crippen LogP contribution is -2.52. The van der Waals surface area contributed by atoms with Gasteiger partial charge in [0.05, 0.1) is 7.14 Å². The minimum Gasteiger partial charge on any atom is -0.480 e. The monoisotopic (exact) mass is 556 g/mol. The lowest BCUT2D eigenvalue weighted by molar-refractivity contribution is -0.139. The Hall–Kier alpha value is -1.70. The van der Waals surface area contributed by atoms with Crippen LogP contribution in [0.2, 0.25) is 0 Å². The summed E-state index contributed by atoms with van der Waals surface area (Å²) in [7, 11) is 1.27. The lowest BCUT2D eigenvalue weighted by Gasteiger charge is -2.22. The second kappa shape index (κ2) is 7.46. The summed E-state index contributed by atoms with van der Waals surface area (Å²) >= 11 is 3.94. The average Bonchev–Trinajstić information content (AvgIpc) is 2.48. The number of carbonyl (C=O) groups is 4. The van der Waals surface area contributed by atoms with Crippen molar-refractivity contribution in [3.05, 3.63) is 30.4 Å². The summed E-state index contributed by atoms with van der Waals surface area (Å²) in [6.45, 7) is -0.472. The summed E-state index contributed by atoms with van der Waals surface area (Å²) in [5.74, 6) is -2.14. The number of carboxylic acids is 1. The molecule has 8 nitrogen and oxygen atoms in total. The highest BCUT2D eigenvalue weighted by Gasteiger charge is 2.33. The molecular formula is C14H10I2N2O6. The molecule has 1 saturated heterocycles. The first kappa shape index (κ1) is 18.6. The number of carboxylic acid groups (broad SMARTS) is 1. The molecule has 0 bridgehead atoms. The molecule has 0 spiro atoms. The van der Waals surface area contributed by atoms with Crippen molar-refractivity contribution in [2.24, 2.45) is 0 Å². The molecular weight excluding hydrogens is 546 g/mol. The first-order valence-electron chi connectivity index (χ1n) is 6.39. The molecule has 2 rings (SSSR count). The highest BCUT2D eigenvalue weighted by molar-refractivity contribution is 14.1. The van der Waals surface area contributed by atoms with Crippen molar-refractivity contribution in [1.29, 1.82) is 0 Å². The molecule has 0 aliphatic carbocycles. The smallest absolute Gasteiger partial charge is 0.341 e. The van der Waals surface area contributed by atoms with E-state index in [0.717, 1.165) is 4.90 Å². The molecule has 0 saturated carbocycles. The molecule has 1 heterocycles. The van der Waals surface area contributed by atoms with Gasteiger partial charge in [0, 0.05) is 7.05 Å². The SMILES string of the molecule is CN1C(=O)NC(=O)/C(=C\c2cc(I)c(OCC(=O)O)c(I)c2)C1=O. The van der Waals surface area contributed by atoms with Gasteiger partial charge >= 0.3 is 12.0 Å². The number of urea groups is 1. The van der Waals surface area contributed by atoms with Gasteiger partial charge in [0.15, 0.2) is 6.61 Å². The highest BCUT2D eigenvalue weighted by Crippen LogP contribution is 2.30. The molecule has 1 aromatic carbocycles. The number of hydrogen-bond acceptors (Lipinski definition) is 5. The number of barbiturate groups is 1. The van der Waals surface area contributed by atoms with Gasteiger partial charge < -0.3 is 9.84 Å². The number of aliphatic carboxylic acids is 1. The van der Waals surface area contributed by atoms with Crippen LogP contribution >= 0.6 is 45.2 Å². The summed E-state index contributed by atoms with van der Waals surface area (Å²) in [5, 5.41) is 10.7. The summed E-state index contributed by atoms with van der Waals surface area (Å²) in [4.78, 5) is 46.7. The van der Waals surface area contributed by atoms with Crippen molar-refractivity contribution in [2.75, 3.05) is 13.7 Å². The molecule has 1 aliphatic heterocycles. The zero-order valence-electron chi connectivity index (χ0n) is 12.1. The van der Waals surface area contributed by atoms with E-state index >= 15 is 0 Å². The number of amides is 4. The number of nitrogens with one attached hydrogen (secondary N) is 1. The first-order valence-corrected chi connectivity index (χ1v) is 8.55. The van der Waals surface area contributed by atoms with E-state index in [0.29, 0.717) is 18.5 Å². The van der Waals surface area contributed by atoms with E-state index in [-0.39, 0.29) is 5.57 Å². The van der Waals surface area contributed by atoms with E-state index in [9.17, 15) is 19.2 Å². The van der Waals surface area contributed by atoms with Crippen molar-refractivity contribution in [3.63, 3.8) is 0 Å². The summed E-state index contributed by atoms with van der Waals surface area (Å²) in [6.07, 6.45) is 1.37. The van der Waals surface area contributed by atoms with Gasteiger partial charge in [0.2, 0.25) is 0 Å². The zero-order valence-corrected chi connectivity index (χ0v) is 16.4. The van der Waals surface area contributed by atoms with Crippen LogP contribution in [-0.2, 0) is 14.4 Å². The molecule has 0 aromatic heterocycles. The van der Waals surface area contributed by atoms with Crippen molar-refractivity contribution < 1.29 is 29.0 Å². The minimum absolute atomic E-state index is 0.164. The van der Waals surface area contributed by atoms with Crippen LogP contribution < -0.4 is 10.1 Å². The van der Waals surface area contributed by atoms with Gasteiger partial charge in [-0.25, -0.2) is 9.59 Å². The van der Waals surface area contributed by atoms with Crippen LogP contribution in [0.1, 0.15) is 5.56 Å². The summed E-state index contributed by atoms with van der Waals surface area (Å²) < 4.78 is 6.46. The predicted molar refractivity (Wildman–Crippen MR) is 99.3 cm³/mol. The molecule has 1 aliphatic rings. The van der Waals surface area contributed by atoms with Gasteiger partial charge in [-0.15, -0.1) is 0 Å². The number of carbonyl (C=O) groups excluding carboxylic acids is 3. The van der Waals surface area contributed by atoms with Gasteiger partial charge in [-0.2, -0.15) is 0 Å². The van der Waals surface area contributed by atoms with Crippen LogP contribution in [0.4, 0.5) is 4.79 Å². The first-order chi connectivity index (χ1) is 11.2. The number of benzene rings is 1. The normalized spacial score (nSPS) is 16.4. The van der Waals surface area contributed by atoms with Gasteiger partial charge in [0.1, 0.15) is 11.3 Å². The quantitative estimate of drug-likeness (QED) is 0.330. The number of likely N-dealkylation sites (N-methyl/N-ethyl adjacent to an activating group) is 1. The third-order valence-electron chi connectivity index (χ3n) is 2.98. The van der Waals surface area contributed by atoms with Crippen LogP contribution in [0.3, 0.4) is 0 Å². The highest BCUT2D eigenvalue weighted by atomic mass is 127. The molecule has 4 amide bonds. The fourth-order valence-electron chi connectivity index (χ4n) is 1.85. The van der Waals surface area contributed by atoms with Gasteiger partial charge in [0.25, 0.3) is 11.8 Å². The zero-order chi connectivity index (χ0) is 18.0. The van der Waals surface area contributed by atoms with Crippen molar-refractivity contribution in [2.45, 2.75) is 0 Å². The van der Waals surface area contributed by atoms with Crippen LogP contribution in [-0.4, -0.2) is 47.5 Å². The van der Waals surface area contributed by atoms with E-state index in [1.54, 1.807) is 12.1 Å². The Labute approximate surface area is 163 Å². The van der Waals surface area contributed by atoms with E-state index in [1.807, 2.05) is 45.2 Å².